The molecule has 0 spiro atoms. The van der Waals surface area contributed by atoms with Crippen LogP contribution in [0.2, 0.25) is 0 Å². The third-order valence-corrected chi connectivity index (χ3v) is 5.07. The van der Waals surface area contributed by atoms with Crippen molar-refractivity contribution in [3.63, 3.8) is 0 Å². The van der Waals surface area contributed by atoms with Crippen molar-refractivity contribution < 1.29 is 24.3 Å². The van der Waals surface area contributed by atoms with Gasteiger partial charge in [0.25, 0.3) is 5.91 Å². The van der Waals surface area contributed by atoms with E-state index in [2.05, 4.69) is 15.3 Å². The summed E-state index contributed by atoms with van der Waals surface area (Å²) in [6.45, 7) is 2.21. The zero-order valence-electron chi connectivity index (χ0n) is 14.9. The minimum absolute atomic E-state index is 0.163. The fourth-order valence-corrected chi connectivity index (χ4v) is 3.55. The molecule has 140 valence electrons. The lowest BCUT2D eigenvalue weighted by atomic mass is 9.76. The van der Waals surface area contributed by atoms with Crippen molar-refractivity contribution in [2.75, 3.05) is 0 Å². The zero-order chi connectivity index (χ0) is 19.0. The third-order valence-electron chi connectivity index (χ3n) is 5.07. The van der Waals surface area contributed by atoms with Crippen molar-refractivity contribution in [1.82, 2.24) is 15.3 Å². The molecule has 0 saturated heterocycles. The fourth-order valence-electron chi connectivity index (χ4n) is 3.55. The Morgan fingerprint density at radius 2 is 2.19 bits per heavy atom. The lowest BCUT2D eigenvalue weighted by molar-refractivity contribution is 0.0868. The van der Waals surface area contributed by atoms with Gasteiger partial charge in [-0.05, 0) is 48.8 Å². The van der Waals surface area contributed by atoms with Gasteiger partial charge in [-0.3, -0.25) is 4.79 Å². The van der Waals surface area contributed by atoms with E-state index in [0.29, 0.717) is 24.2 Å². The average Bonchev–Trinajstić information content (AvgIpc) is 3.24. The predicted molar refractivity (Wildman–Crippen MR) is 96.8 cm³/mol. The van der Waals surface area contributed by atoms with Crippen molar-refractivity contribution in [3.05, 3.63) is 41.3 Å². The Labute approximate surface area is 156 Å². The number of hydrogen-bond donors (Lipinski definition) is 3. The lowest BCUT2D eigenvalue weighted by Gasteiger charge is -2.16. The highest BCUT2D eigenvalue weighted by Gasteiger charge is 2.31. The molecule has 2 aliphatic rings. The lowest BCUT2D eigenvalue weighted by Crippen LogP contribution is -2.40. The molecule has 1 aliphatic heterocycles. The number of aliphatic hydroxyl groups is 1. The summed E-state index contributed by atoms with van der Waals surface area (Å²) in [7, 11) is -0.952. The second kappa shape index (κ2) is 7.26. The maximum atomic E-state index is 12.2. The van der Waals surface area contributed by atoms with Gasteiger partial charge in [0.05, 0.1) is 31.1 Å². The molecule has 1 aromatic carbocycles. The van der Waals surface area contributed by atoms with E-state index in [0.717, 1.165) is 24.0 Å². The maximum Gasteiger partial charge on any atom is 0.492 e. The van der Waals surface area contributed by atoms with Crippen LogP contribution < -0.4 is 15.5 Å². The summed E-state index contributed by atoms with van der Waals surface area (Å²) in [5.41, 5.74) is 2.58. The third kappa shape index (κ3) is 3.53. The van der Waals surface area contributed by atoms with Gasteiger partial charge in [0.1, 0.15) is 11.4 Å². The SMILES string of the molecule is Cc1c(Oc2cnc(C(=O)N[C@@H]3CCC[C@@H]3O)cn2)ccc2c1B(O)OC2. The van der Waals surface area contributed by atoms with Crippen LogP contribution in [0.25, 0.3) is 0 Å². The predicted octanol–water partition coefficient (Wildman–Crippen LogP) is 0.438. The normalized spacial score (nSPS) is 21.2. The Hall–Kier alpha value is -2.49. The van der Waals surface area contributed by atoms with Crippen molar-refractivity contribution in [3.8, 4) is 11.6 Å². The van der Waals surface area contributed by atoms with Crippen LogP contribution in [0.4, 0.5) is 0 Å². The van der Waals surface area contributed by atoms with Crippen LogP contribution in [0.3, 0.4) is 0 Å². The van der Waals surface area contributed by atoms with E-state index in [1.54, 1.807) is 6.07 Å². The van der Waals surface area contributed by atoms with E-state index in [-0.39, 0.29) is 23.5 Å². The summed E-state index contributed by atoms with van der Waals surface area (Å²) in [5, 5.41) is 22.5. The molecule has 0 bridgehead atoms. The topological polar surface area (TPSA) is 114 Å². The highest BCUT2D eigenvalue weighted by atomic mass is 16.5. The molecule has 1 aliphatic carbocycles. The number of aliphatic hydroxyl groups excluding tert-OH is 1. The van der Waals surface area contributed by atoms with Gasteiger partial charge in [-0.25, -0.2) is 9.97 Å². The molecular formula is C18H20BN3O5. The van der Waals surface area contributed by atoms with Gasteiger partial charge in [0.15, 0.2) is 0 Å². The van der Waals surface area contributed by atoms with Gasteiger partial charge in [-0.2, -0.15) is 0 Å². The number of rotatable bonds is 4. The van der Waals surface area contributed by atoms with Crippen LogP contribution in [0.15, 0.2) is 24.5 Å². The first-order valence-corrected chi connectivity index (χ1v) is 8.94. The van der Waals surface area contributed by atoms with Gasteiger partial charge >= 0.3 is 7.12 Å². The summed E-state index contributed by atoms with van der Waals surface area (Å²) >= 11 is 0. The standard InChI is InChI=1S/C18H20BN3O5/c1-10-15(6-5-11-9-26-19(25)17(10)11)27-16-8-20-13(7-21-16)18(24)22-12-3-2-4-14(12)23/h5-8,12,14,23,25H,2-4,9H2,1H3,(H,22,24)/t12-,14+/m1/s1. The molecule has 1 aromatic heterocycles. The Morgan fingerprint density at radius 1 is 1.33 bits per heavy atom. The van der Waals surface area contributed by atoms with E-state index in [1.807, 2.05) is 13.0 Å². The van der Waals surface area contributed by atoms with Crippen LogP contribution in [0.5, 0.6) is 11.6 Å². The molecule has 1 fully saturated rings. The first-order chi connectivity index (χ1) is 13.0. The number of carbonyl (C=O) groups excluding carboxylic acids is 1. The summed E-state index contributed by atoms with van der Waals surface area (Å²) < 4.78 is 11.0. The summed E-state index contributed by atoms with van der Waals surface area (Å²) in [6.07, 6.45) is 4.56. The fraction of sp³-hybridized carbons (Fsp3) is 0.389. The number of fused-ring (bicyclic) bond motifs is 1. The monoisotopic (exact) mass is 369 g/mol. The van der Waals surface area contributed by atoms with Crippen LogP contribution >= 0.6 is 0 Å². The zero-order valence-corrected chi connectivity index (χ0v) is 14.9. The number of nitrogens with zero attached hydrogens (tertiary/aromatic N) is 2. The molecule has 4 rings (SSSR count). The molecule has 2 atom stereocenters. The van der Waals surface area contributed by atoms with Gasteiger partial charge < -0.3 is 24.8 Å². The number of hydrogen-bond acceptors (Lipinski definition) is 7. The summed E-state index contributed by atoms with van der Waals surface area (Å²) in [6, 6.07) is 3.40. The first-order valence-electron chi connectivity index (χ1n) is 8.94. The Bertz CT molecular complexity index is 861. The van der Waals surface area contributed by atoms with E-state index in [1.165, 1.54) is 12.4 Å². The van der Waals surface area contributed by atoms with Gasteiger partial charge in [-0.1, -0.05) is 6.07 Å². The number of amides is 1. The van der Waals surface area contributed by atoms with Gasteiger partial charge in [-0.15, -0.1) is 0 Å². The number of carbonyl (C=O) groups is 1. The molecular weight excluding hydrogens is 349 g/mol. The van der Waals surface area contributed by atoms with Gasteiger partial charge in [0.2, 0.25) is 5.88 Å². The van der Waals surface area contributed by atoms with Crippen LogP contribution in [0, 0.1) is 6.92 Å². The molecule has 9 heteroatoms. The van der Waals surface area contributed by atoms with Crippen molar-refractivity contribution >= 4 is 18.5 Å². The average molecular weight is 369 g/mol. The Balaban J connectivity index is 1.45. The molecule has 2 aromatic rings. The minimum Gasteiger partial charge on any atom is -0.437 e. The molecule has 0 radical (unpaired) electrons. The van der Waals surface area contributed by atoms with Crippen molar-refractivity contribution in [2.24, 2.45) is 0 Å². The van der Waals surface area contributed by atoms with E-state index in [4.69, 9.17) is 9.39 Å². The molecule has 1 amide bonds. The van der Waals surface area contributed by atoms with Crippen molar-refractivity contribution in [2.45, 2.75) is 44.9 Å². The van der Waals surface area contributed by atoms with E-state index < -0.39 is 13.2 Å². The number of benzene rings is 1. The van der Waals surface area contributed by atoms with Crippen LogP contribution in [-0.4, -0.2) is 45.3 Å². The van der Waals surface area contributed by atoms with E-state index in [9.17, 15) is 14.9 Å². The molecule has 27 heavy (non-hydrogen) atoms. The highest BCUT2D eigenvalue weighted by Crippen LogP contribution is 2.26. The molecule has 2 heterocycles. The van der Waals surface area contributed by atoms with Crippen LogP contribution in [0.1, 0.15) is 40.9 Å². The Morgan fingerprint density at radius 3 is 2.89 bits per heavy atom. The smallest absolute Gasteiger partial charge is 0.437 e. The minimum atomic E-state index is -0.952. The maximum absolute atomic E-state index is 12.2. The second-order valence-corrected chi connectivity index (χ2v) is 6.85. The first kappa shape index (κ1) is 17.9. The molecule has 8 nitrogen and oxygen atoms in total. The van der Waals surface area contributed by atoms with Crippen molar-refractivity contribution in [1.29, 1.82) is 0 Å². The quantitative estimate of drug-likeness (QED) is 0.670. The molecule has 0 unspecified atom stereocenters. The van der Waals surface area contributed by atoms with Crippen LogP contribution in [-0.2, 0) is 11.3 Å². The summed E-state index contributed by atoms with van der Waals surface area (Å²) in [5.74, 6) is 0.414. The number of nitrogens with one attached hydrogen (secondary N) is 1. The Kier molecular flexibility index (Phi) is 4.82. The largest absolute Gasteiger partial charge is 0.492 e. The number of aromatic nitrogens is 2. The van der Waals surface area contributed by atoms with E-state index >= 15 is 0 Å². The van der Waals surface area contributed by atoms with Gasteiger partial charge in [0, 0.05) is 0 Å². The number of ether oxygens (including phenoxy) is 1. The second-order valence-electron chi connectivity index (χ2n) is 6.85. The highest BCUT2D eigenvalue weighted by molar-refractivity contribution is 6.62. The molecule has 1 saturated carbocycles. The molecule has 3 N–H and O–H groups in total. The summed E-state index contributed by atoms with van der Waals surface area (Å²) in [4.78, 5) is 20.5.